The highest BCUT2D eigenvalue weighted by Crippen LogP contribution is 2.35. The van der Waals surface area contributed by atoms with Crippen LogP contribution in [0.1, 0.15) is 2.74 Å². The van der Waals surface area contributed by atoms with Gasteiger partial charge in [-0.25, -0.2) is 0 Å². The van der Waals surface area contributed by atoms with Crippen molar-refractivity contribution in [2.24, 2.45) is 0 Å². The zero-order valence-electron chi connectivity index (χ0n) is 11.3. The molecule has 0 aliphatic rings. The Kier molecular flexibility index (Phi) is 1.59. The van der Waals surface area contributed by atoms with E-state index in [2.05, 4.69) is 0 Å². The number of fused-ring (bicyclic) bond motifs is 5. The van der Waals surface area contributed by atoms with Gasteiger partial charge in [0.05, 0.1) is 2.74 Å². The number of hydrogen-bond acceptors (Lipinski definition) is 1. The Morgan fingerprint density at radius 1 is 0.944 bits per heavy atom. The lowest BCUT2D eigenvalue weighted by atomic mass is 10.0. The van der Waals surface area contributed by atoms with E-state index in [0.717, 1.165) is 21.5 Å². The van der Waals surface area contributed by atoms with Gasteiger partial charge in [-0.2, -0.15) is 0 Å². The number of rotatable bonds is 0. The van der Waals surface area contributed by atoms with Crippen molar-refractivity contribution in [2.45, 2.75) is 0 Å². The van der Waals surface area contributed by atoms with E-state index in [1.807, 2.05) is 24.3 Å². The first-order chi connectivity index (χ1) is 9.66. The van der Waals surface area contributed by atoms with Crippen molar-refractivity contribution in [3.63, 3.8) is 0 Å². The second-order valence-electron chi connectivity index (χ2n) is 4.22. The second kappa shape index (κ2) is 3.50. The lowest BCUT2D eigenvalue weighted by molar-refractivity contribution is 0.669. The van der Waals surface area contributed by atoms with Gasteiger partial charge in [0.25, 0.3) is 0 Å². The van der Waals surface area contributed by atoms with E-state index < -0.39 is 0 Å². The predicted molar refractivity (Wildman–Crippen MR) is 76.2 cm³/mol. The molecule has 0 fully saturated rings. The minimum Gasteiger partial charge on any atom is -0.456 e. The van der Waals surface area contributed by atoms with E-state index in [1.165, 1.54) is 0 Å². The molecule has 86 valence electrons. The molecule has 0 aliphatic carbocycles. The Bertz CT molecular complexity index is 988. The molecule has 0 spiro atoms. The molecule has 1 nitrogen and oxygen atoms in total. The molecule has 0 N–H and O–H groups in total. The van der Waals surface area contributed by atoms with Crippen LogP contribution < -0.4 is 0 Å². The van der Waals surface area contributed by atoms with Crippen molar-refractivity contribution >= 4 is 44.3 Å². The van der Waals surface area contributed by atoms with E-state index >= 15 is 0 Å². The fraction of sp³-hybridized carbons (Fsp3) is 0. The molecule has 4 rings (SSSR count). The van der Waals surface area contributed by atoms with E-state index in [1.54, 1.807) is 18.2 Å². The first-order valence-corrected chi connectivity index (χ1v) is 6.04. The first-order valence-electron chi connectivity index (χ1n) is 6.66. The highest BCUT2D eigenvalue weighted by atomic mass is 35.5. The van der Waals surface area contributed by atoms with Crippen LogP contribution in [0.15, 0.2) is 59.0 Å². The molecule has 1 heterocycles. The maximum atomic E-state index is 8.22. The summed E-state index contributed by atoms with van der Waals surface area (Å²) in [6, 6.07) is 13.4. The van der Waals surface area contributed by atoms with Crippen molar-refractivity contribution < 1.29 is 7.16 Å². The van der Waals surface area contributed by atoms with Gasteiger partial charge in [-0.1, -0.05) is 41.9 Å². The van der Waals surface area contributed by atoms with E-state index in [0.29, 0.717) is 22.2 Å². The topological polar surface area (TPSA) is 13.1 Å². The summed E-state index contributed by atoms with van der Waals surface area (Å²) in [5, 5.41) is 3.62. The minimum absolute atomic E-state index is 0.278. The summed E-state index contributed by atoms with van der Waals surface area (Å²) in [5.74, 6) is 0. The molecule has 0 amide bonds. The van der Waals surface area contributed by atoms with E-state index in [9.17, 15) is 0 Å². The third-order valence-electron chi connectivity index (χ3n) is 3.14. The summed E-state index contributed by atoms with van der Waals surface area (Å²) in [5.41, 5.74) is 1.35. The SMILES string of the molecule is [2H]c1c(Cl)ccc2ccc3oc4cccc([2H])c4c3c12. The zero-order chi connectivity index (χ0) is 13.9. The molecule has 2 heteroatoms. The quantitative estimate of drug-likeness (QED) is 0.410. The molecule has 0 unspecified atom stereocenters. The Balaban J connectivity index is 2.40. The van der Waals surface area contributed by atoms with Gasteiger partial charge < -0.3 is 4.42 Å². The summed E-state index contributed by atoms with van der Waals surface area (Å²) in [4.78, 5) is 0. The molecule has 4 aromatic rings. The molecule has 0 radical (unpaired) electrons. The van der Waals surface area contributed by atoms with E-state index in [4.69, 9.17) is 18.8 Å². The predicted octanol–water partition coefficient (Wildman–Crippen LogP) is 5.39. The Morgan fingerprint density at radius 2 is 1.83 bits per heavy atom. The van der Waals surface area contributed by atoms with Gasteiger partial charge in [0.15, 0.2) is 0 Å². The highest BCUT2D eigenvalue weighted by molar-refractivity contribution is 6.32. The van der Waals surface area contributed by atoms with Gasteiger partial charge in [-0.15, -0.1) is 0 Å². The summed E-state index contributed by atoms with van der Waals surface area (Å²) in [6.45, 7) is 0. The lowest BCUT2D eigenvalue weighted by Gasteiger charge is -2.00. The summed E-state index contributed by atoms with van der Waals surface area (Å²) >= 11 is 6.08. The highest BCUT2D eigenvalue weighted by Gasteiger charge is 2.09. The van der Waals surface area contributed by atoms with Gasteiger partial charge in [-0.3, -0.25) is 0 Å². The van der Waals surface area contributed by atoms with Gasteiger partial charge in [-0.05, 0) is 35.0 Å². The summed E-state index contributed by atoms with van der Waals surface area (Å²) in [7, 11) is 0. The molecule has 18 heavy (non-hydrogen) atoms. The van der Waals surface area contributed by atoms with Crippen molar-refractivity contribution in [1.29, 1.82) is 0 Å². The molecule has 0 saturated carbocycles. The third kappa shape index (κ3) is 1.28. The average molecular weight is 255 g/mol. The van der Waals surface area contributed by atoms with Crippen LogP contribution in [0.3, 0.4) is 0 Å². The van der Waals surface area contributed by atoms with Crippen molar-refractivity contribution in [3.8, 4) is 0 Å². The first kappa shape index (κ1) is 8.17. The lowest BCUT2D eigenvalue weighted by Crippen LogP contribution is -1.74. The average Bonchev–Trinajstić information content (AvgIpc) is 2.82. The Labute approximate surface area is 111 Å². The maximum absolute atomic E-state index is 8.22. The molecule has 0 bridgehead atoms. The number of para-hydroxylation sites is 1. The fourth-order valence-corrected chi connectivity index (χ4v) is 2.51. The normalized spacial score (nSPS) is 13.2. The Hall–Kier alpha value is -1.99. The smallest absolute Gasteiger partial charge is 0.136 e. The zero-order valence-corrected chi connectivity index (χ0v) is 10.1. The number of halogens is 1. The minimum atomic E-state index is 0.278. The molecule has 0 saturated heterocycles. The number of furan rings is 1. The van der Waals surface area contributed by atoms with Crippen LogP contribution >= 0.6 is 11.6 Å². The van der Waals surface area contributed by atoms with Crippen LogP contribution in [0.2, 0.25) is 5.02 Å². The summed E-state index contributed by atoms with van der Waals surface area (Å²) in [6.07, 6.45) is 0. The van der Waals surface area contributed by atoms with E-state index in [-0.39, 0.29) is 6.04 Å². The molecular weight excluding hydrogens is 244 g/mol. The van der Waals surface area contributed by atoms with Crippen LogP contribution in [0.25, 0.3) is 32.7 Å². The largest absolute Gasteiger partial charge is 0.456 e. The van der Waals surface area contributed by atoms with Gasteiger partial charge >= 0.3 is 0 Å². The van der Waals surface area contributed by atoms with Crippen molar-refractivity contribution in [3.05, 3.63) is 59.6 Å². The van der Waals surface area contributed by atoms with Gasteiger partial charge in [0.1, 0.15) is 11.2 Å². The maximum Gasteiger partial charge on any atom is 0.136 e. The molecule has 0 aliphatic heterocycles. The van der Waals surface area contributed by atoms with Gasteiger partial charge in [0, 0.05) is 15.8 Å². The van der Waals surface area contributed by atoms with Crippen LogP contribution in [0.4, 0.5) is 0 Å². The monoisotopic (exact) mass is 254 g/mol. The second-order valence-corrected chi connectivity index (χ2v) is 4.63. The Morgan fingerprint density at radius 3 is 2.78 bits per heavy atom. The van der Waals surface area contributed by atoms with Crippen LogP contribution in [-0.4, -0.2) is 0 Å². The van der Waals surface area contributed by atoms with Crippen molar-refractivity contribution in [1.82, 2.24) is 0 Å². The van der Waals surface area contributed by atoms with Crippen LogP contribution in [-0.2, 0) is 0 Å². The third-order valence-corrected chi connectivity index (χ3v) is 3.36. The molecule has 1 aromatic heterocycles. The molecule has 0 atom stereocenters. The molecule has 3 aromatic carbocycles. The fourth-order valence-electron chi connectivity index (χ4n) is 2.35. The van der Waals surface area contributed by atoms with Crippen LogP contribution in [0, 0.1) is 0 Å². The standard InChI is InChI=1S/C16H9ClO/c17-11-7-5-10-6-8-15-16(13(10)9-11)12-3-1-2-4-14(12)18-15/h1-9H/i3D,9D. The van der Waals surface area contributed by atoms with Crippen LogP contribution in [0.5, 0.6) is 0 Å². The molecular formula is C16H9ClO. The number of benzene rings is 3. The van der Waals surface area contributed by atoms with Crippen molar-refractivity contribution in [2.75, 3.05) is 0 Å². The number of hydrogen-bond donors (Lipinski definition) is 0. The summed E-state index contributed by atoms with van der Waals surface area (Å²) < 4.78 is 22.1. The van der Waals surface area contributed by atoms with Gasteiger partial charge in [0.2, 0.25) is 0 Å².